The lowest BCUT2D eigenvalue weighted by Crippen LogP contribution is -2.16. The van der Waals surface area contributed by atoms with Crippen LogP contribution in [-0.2, 0) is 16.4 Å². The van der Waals surface area contributed by atoms with Crippen LogP contribution in [-0.4, -0.2) is 14.8 Å². The van der Waals surface area contributed by atoms with Crippen LogP contribution in [0.1, 0.15) is 12.5 Å². The summed E-state index contributed by atoms with van der Waals surface area (Å²) in [6.45, 7) is 1.99. The van der Waals surface area contributed by atoms with Crippen molar-refractivity contribution in [3.8, 4) is 16.9 Å². The molecule has 8 heteroatoms. The Labute approximate surface area is 167 Å². The fourth-order valence-electron chi connectivity index (χ4n) is 2.70. The van der Waals surface area contributed by atoms with E-state index in [1.807, 2.05) is 6.92 Å². The van der Waals surface area contributed by atoms with Gasteiger partial charge in [-0.1, -0.05) is 43.3 Å². The molecule has 0 fully saturated rings. The first-order chi connectivity index (χ1) is 13.7. The summed E-state index contributed by atoms with van der Waals surface area (Å²) < 4.78 is 68.0. The summed E-state index contributed by atoms with van der Waals surface area (Å²) in [6, 6.07) is 18.6. The SMILES string of the molecule is CCc1ccc(S(=O)(=O)Nc2ccc(-c3ccc(OC(F)(F)F)cc3)cc2)cc1. The number of nitrogens with one attached hydrogen (secondary N) is 1. The maximum Gasteiger partial charge on any atom is 0.573 e. The third-order valence-corrected chi connectivity index (χ3v) is 5.60. The number of sulfonamides is 1. The number of anilines is 1. The summed E-state index contributed by atoms with van der Waals surface area (Å²) in [4.78, 5) is 0.166. The average Bonchev–Trinajstić information content (AvgIpc) is 2.68. The monoisotopic (exact) mass is 421 g/mol. The second kappa shape index (κ2) is 8.16. The summed E-state index contributed by atoms with van der Waals surface area (Å²) in [7, 11) is -3.71. The average molecular weight is 421 g/mol. The zero-order valence-corrected chi connectivity index (χ0v) is 16.2. The maximum atomic E-state index is 12.5. The molecule has 0 aliphatic carbocycles. The van der Waals surface area contributed by atoms with Gasteiger partial charge in [-0.3, -0.25) is 4.72 Å². The van der Waals surface area contributed by atoms with E-state index in [2.05, 4.69) is 9.46 Å². The Hall–Kier alpha value is -3.00. The molecule has 1 N–H and O–H groups in total. The highest BCUT2D eigenvalue weighted by Gasteiger charge is 2.30. The number of rotatable bonds is 6. The molecule has 4 nitrogen and oxygen atoms in total. The summed E-state index contributed by atoms with van der Waals surface area (Å²) >= 11 is 0. The van der Waals surface area contributed by atoms with Crippen molar-refractivity contribution >= 4 is 15.7 Å². The van der Waals surface area contributed by atoms with E-state index >= 15 is 0 Å². The minimum atomic E-state index is -4.74. The lowest BCUT2D eigenvalue weighted by molar-refractivity contribution is -0.274. The highest BCUT2D eigenvalue weighted by Crippen LogP contribution is 2.27. The van der Waals surface area contributed by atoms with Gasteiger partial charge in [0.15, 0.2) is 0 Å². The molecular formula is C21H18F3NO3S. The fourth-order valence-corrected chi connectivity index (χ4v) is 3.76. The molecular weight excluding hydrogens is 403 g/mol. The first-order valence-electron chi connectivity index (χ1n) is 8.74. The van der Waals surface area contributed by atoms with Gasteiger partial charge < -0.3 is 4.74 Å². The Morgan fingerprint density at radius 2 is 1.34 bits per heavy atom. The van der Waals surface area contributed by atoms with Gasteiger partial charge in [0.1, 0.15) is 5.75 Å². The Morgan fingerprint density at radius 3 is 1.83 bits per heavy atom. The second-order valence-electron chi connectivity index (χ2n) is 6.25. The largest absolute Gasteiger partial charge is 0.573 e. The number of halogens is 3. The Balaban J connectivity index is 1.72. The number of hydrogen-bond acceptors (Lipinski definition) is 3. The lowest BCUT2D eigenvalue weighted by Gasteiger charge is -2.11. The van der Waals surface area contributed by atoms with E-state index in [1.54, 1.807) is 48.5 Å². The van der Waals surface area contributed by atoms with Crippen molar-refractivity contribution in [3.63, 3.8) is 0 Å². The zero-order chi connectivity index (χ0) is 21.1. The number of hydrogen-bond donors (Lipinski definition) is 1. The lowest BCUT2D eigenvalue weighted by atomic mass is 10.1. The Morgan fingerprint density at radius 1 is 0.828 bits per heavy atom. The van der Waals surface area contributed by atoms with Crippen molar-refractivity contribution in [1.82, 2.24) is 0 Å². The minimum Gasteiger partial charge on any atom is -0.406 e. The van der Waals surface area contributed by atoms with E-state index < -0.39 is 16.4 Å². The fraction of sp³-hybridized carbons (Fsp3) is 0.143. The topological polar surface area (TPSA) is 55.4 Å². The molecule has 0 saturated heterocycles. The van der Waals surface area contributed by atoms with E-state index in [0.717, 1.165) is 17.5 Å². The predicted octanol–water partition coefficient (Wildman–Crippen LogP) is 5.62. The van der Waals surface area contributed by atoms with Crippen molar-refractivity contribution in [2.45, 2.75) is 24.6 Å². The molecule has 29 heavy (non-hydrogen) atoms. The molecule has 0 unspecified atom stereocenters. The predicted molar refractivity (Wildman–Crippen MR) is 105 cm³/mol. The van der Waals surface area contributed by atoms with Crippen LogP contribution < -0.4 is 9.46 Å². The number of alkyl halides is 3. The van der Waals surface area contributed by atoms with Gasteiger partial charge in [0.2, 0.25) is 0 Å². The van der Waals surface area contributed by atoms with Gasteiger partial charge in [-0.05, 0) is 59.5 Å². The molecule has 0 heterocycles. The molecule has 0 aliphatic rings. The zero-order valence-electron chi connectivity index (χ0n) is 15.4. The molecule has 0 amide bonds. The summed E-state index contributed by atoms with van der Waals surface area (Å²) in [5, 5.41) is 0. The summed E-state index contributed by atoms with van der Waals surface area (Å²) in [5.74, 6) is -0.306. The molecule has 0 saturated carbocycles. The smallest absolute Gasteiger partial charge is 0.406 e. The van der Waals surface area contributed by atoms with Crippen molar-refractivity contribution in [1.29, 1.82) is 0 Å². The van der Waals surface area contributed by atoms with Gasteiger partial charge >= 0.3 is 6.36 Å². The molecule has 0 aliphatic heterocycles. The third kappa shape index (κ3) is 5.51. The molecule has 0 atom stereocenters. The summed E-state index contributed by atoms with van der Waals surface area (Å²) in [6.07, 6.45) is -3.92. The van der Waals surface area contributed by atoms with Crippen LogP contribution in [0.25, 0.3) is 11.1 Å². The first-order valence-corrected chi connectivity index (χ1v) is 10.2. The highest BCUT2D eigenvalue weighted by molar-refractivity contribution is 7.92. The van der Waals surface area contributed by atoms with Crippen LogP contribution in [0.5, 0.6) is 5.75 Å². The van der Waals surface area contributed by atoms with E-state index in [0.29, 0.717) is 11.3 Å². The van der Waals surface area contributed by atoms with Gasteiger partial charge in [-0.2, -0.15) is 0 Å². The van der Waals surface area contributed by atoms with Crippen LogP contribution in [0, 0.1) is 0 Å². The molecule has 3 aromatic carbocycles. The van der Waals surface area contributed by atoms with Crippen LogP contribution in [0.2, 0.25) is 0 Å². The third-order valence-electron chi connectivity index (χ3n) is 4.20. The standard InChI is InChI=1S/C21H18F3NO3S/c1-2-15-3-13-20(14-4-15)29(26,27)25-18-9-5-16(6-10-18)17-7-11-19(12-8-17)28-21(22,23)24/h3-14,25H,2H2,1H3. The van der Waals surface area contributed by atoms with E-state index in [4.69, 9.17) is 0 Å². The van der Waals surface area contributed by atoms with Crippen LogP contribution in [0.15, 0.2) is 77.7 Å². The van der Waals surface area contributed by atoms with Crippen molar-refractivity contribution in [2.24, 2.45) is 0 Å². The van der Waals surface area contributed by atoms with E-state index in [-0.39, 0.29) is 10.6 Å². The molecule has 0 bridgehead atoms. The summed E-state index contributed by atoms with van der Waals surface area (Å²) in [5.41, 5.74) is 2.81. The molecule has 0 radical (unpaired) electrons. The molecule has 3 rings (SSSR count). The van der Waals surface area contributed by atoms with Gasteiger partial charge in [0.05, 0.1) is 4.90 Å². The maximum absolute atomic E-state index is 12.5. The van der Waals surface area contributed by atoms with Crippen LogP contribution >= 0.6 is 0 Å². The number of aryl methyl sites for hydroxylation is 1. The molecule has 152 valence electrons. The Bertz CT molecular complexity index is 1060. The van der Waals surface area contributed by atoms with Crippen molar-refractivity contribution < 1.29 is 26.3 Å². The van der Waals surface area contributed by atoms with Crippen LogP contribution in [0.3, 0.4) is 0 Å². The van der Waals surface area contributed by atoms with Gasteiger partial charge in [0.25, 0.3) is 10.0 Å². The quantitative estimate of drug-likeness (QED) is 0.562. The molecule has 0 spiro atoms. The first kappa shape index (κ1) is 20.7. The second-order valence-corrected chi connectivity index (χ2v) is 7.93. The Kier molecular flexibility index (Phi) is 5.83. The minimum absolute atomic E-state index is 0.166. The van der Waals surface area contributed by atoms with Gasteiger partial charge in [-0.25, -0.2) is 8.42 Å². The van der Waals surface area contributed by atoms with Gasteiger partial charge in [-0.15, -0.1) is 13.2 Å². The molecule has 0 aromatic heterocycles. The number of ether oxygens (including phenoxy) is 1. The van der Waals surface area contributed by atoms with Crippen molar-refractivity contribution in [3.05, 3.63) is 78.4 Å². The normalized spacial score (nSPS) is 11.9. The van der Waals surface area contributed by atoms with E-state index in [1.165, 1.54) is 24.3 Å². The van der Waals surface area contributed by atoms with Crippen molar-refractivity contribution in [2.75, 3.05) is 4.72 Å². The van der Waals surface area contributed by atoms with Gasteiger partial charge in [0, 0.05) is 5.69 Å². The molecule has 3 aromatic rings. The number of benzene rings is 3. The van der Waals surface area contributed by atoms with E-state index in [9.17, 15) is 21.6 Å². The highest BCUT2D eigenvalue weighted by atomic mass is 32.2. The van der Waals surface area contributed by atoms with Crippen LogP contribution in [0.4, 0.5) is 18.9 Å².